The second kappa shape index (κ2) is 12.5. The molecule has 12 heteroatoms. The molecule has 0 amide bonds. The highest BCUT2D eigenvalue weighted by Gasteiger charge is 2.50. The van der Waals surface area contributed by atoms with Crippen LogP contribution in [0.4, 0.5) is 18.9 Å². The van der Waals surface area contributed by atoms with Gasteiger partial charge in [-0.05, 0) is 29.8 Å². The average molecular weight is 608 g/mol. The van der Waals surface area contributed by atoms with Gasteiger partial charge < -0.3 is 25.2 Å². The molecule has 3 aromatic heterocycles. The van der Waals surface area contributed by atoms with Crippen molar-refractivity contribution in [1.82, 2.24) is 15.0 Å². The summed E-state index contributed by atoms with van der Waals surface area (Å²) in [5, 5.41) is 10.9. The summed E-state index contributed by atoms with van der Waals surface area (Å²) >= 11 is 0. The van der Waals surface area contributed by atoms with Gasteiger partial charge in [-0.2, -0.15) is 13.2 Å². The lowest BCUT2D eigenvalue weighted by atomic mass is 9.90. The zero-order valence-corrected chi connectivity index (χ0v) is 23.8. The third-order valence-corrected chi connectivity index (χ3v) is 8.19. The number of hydrogen-bond donors (Lipinski definition) is 2. The number of aromatic nitrogens is 3. The molecule has 4 aromatic rings. The molecule has 9 nitrogen and oxygen atoms in total. The van der Waals surface area contributed by atoms with Gasteiger partial charge in [0.2, 0.25) is 5.88 Å². The summed E-state index contributed by atoms with van der Waals surface area (Å²) in [6.07, 6.45) is -0.0323. The number of alkyl halides is 3. The Morgan fingerprint density at radius 2 is 1.82 bits per heavy atom. The van der Waals surface area contributed by atoms with Crippen LogP contribution in [0.25, 0.3) is 22.0 Å². The maximum Gasteiger partial charge on any atom is 0.396 e. The van der Waals surface area contributed by atoms with E-state index in [2.05, 4.69) is 15.0 Å². The van der Waals surface area contributed by atoms with Crippen molar-refractivity contribution in [1.29, 1.82) is 0 Å². The summed E-state index contributed by atoms with van der Waals surface area (Å²) < 4.78 is 52.2. The molecule has 6 rings (SSSR count). The van der Waals surface area contributed by atoms with Crippen molar-refractivity contribution >= 4 is 22.4 Å². The molecule has 0 bridgehead atoms. The van der Waals surface area contributed by atoms with Gasteiger partial charge in [0.25, 0.3) is 0 Å². The van der Waals surface area contributed by atoms with Crippen LogP contribution in [0.5, 0.6) is 5.88 Å². The first-order valence-corrected chi connectivity index (χ1v) is 14.5. The van der Waals surface area contributed by atoms with E-state index in [9.17, 15) is 23.1 Å². The molecule has 2 saturated heterocycles. The van der Waals surface area contributed by atoms with Crippen molar-refractivity contribution in [3.8, 4) is 17.0 Å². The minimum absolute atomic E-state index is 0.00740. The first kappa shape index (κ1) is 29.9. The van der Waals surface area contributed by atoms with Gasteiger partial charge >= 0.3 is 6.18 Å². The standard InChI is InChI=1S/C32H32F3N5O4/c33-32(34,35)24-17-40(18-25(36)31(24)42)28-7-10-37-15-22(28)14-29(41)26-5-3-19-1-2-20(13-27(19)39-26)21-4-6-30(38-16-21)44-23-8-11-43-12-9-23/h1-7,10,13,15-16,23-25,31,42H,8-9,11-12,14,17-18,36H2/t24-,25+,31+/m0/s1. The van der Waals surface area contributed by atoms with E-state index >= 15 is 0 Å². The zero-order chi connectivity index (χ0) is 30.8. The number of anilines is 1. The average Bonchev–Trinajstić information content (AvgIpc) is 3.02. The number of piperidine rings is 1. The molecular formula is C32H32F3N5O4. The van der Waals surface area contributed by atoms with Gasteiger partial charge in [0.15, 0.2) is 5.78 Å². The SMILES string of the molecule is N[C@@H]1CN(c2ccncc2CC(=O)c2ccc3ccc(-c4ccc(OC5CCOCC5)nc4)cc3n2)C[C@H](C(F)(F)F)[C@H]1O. The minimum Gasteiger partial charge on any atom is -0.474 e. The van der Waals surface area contributed by atoms with Gasteiger partial charge in [-0.15, -0.1) is 0 Å². The van der Waals surface area contributed by atoms with Gasteiger partial charge in [-0.3, -0.25) is 9.78 Å². The molecule has 1 aromatic carbocycles. The molecule has 2 aliphatic heterocycles. The molecule has 3 N–H and O–H groups in total. The summed E-state index contributed by atoms with van der Waals surface area (Å²) in [4.78, 5) is 28.1. The largest absolute Gasteiger partial charge is 0.474 e. The van der Waals surface area contributed by atoms with Crippen LogP contribution in [-0.4, -0.2) is 76.6 Å². The van der Waals surface area contributed by atoms with E-state index in [1.165, 1.54) is 17.3 Å². The fourth-order valence-electron chi connectivity index (χ4n) is 5.74. The molecule has 0 saturated carbocycles. The Labute approximate surface area is 251 Å². The summed E-state index contributed by atoms with van der Waals surface area (Å²) in [6.45, 7) is 0.897. The van der Waals surface area contributed by atoms with Crippen molar-refractivity contribution in [3.05, 3.63) is 78.4 Å². The van der Waals surface area contributed by atoms with Crippen LogP contribution in [0.1, 0.15) is 28.9 Å². The first-order valence-electron chi connectivity index (χ1n) is 14.5. The third kappa shape index (κ3) is 6.52. The fraction of sp³-hybridized carbons (Fsp3) is 0.375. The lowest BCUT2D eigenvalue weighted by Crippen LogP contribution is -2.60. The monoisotopic (exact) mass is 607 g/mol. The van der Waals surface area contributed by atoms with Gasteiger partial charge in [0.05, 0.1) is 30.8 Å². The predicted octanol–water partition coefficient (Wildman–Crippen LogP) is 4.36. The van der Waals surface area contributed by atoms with Gasteiger partial charge in [-0.1, -0.05) is 18.2 Å². The van der Waals surface area contributed by atoms with Crippen LogP contribution in [0.2, 0.25) is 0 Å². The number of carbonyl (C=O) groups is 1. The number of ether oxygens (including phenoxy) is 2. The van der Waals surface area contributed by atoms with Crippen molar-refractivity contribution in [2.75, 3.05) is 31.2 Å². The normalized spacial score (nSPS) is 21.4. The van der Waals surface area contributed by atoms with Gasteiger partial charge in [0, 0.05) is 85.3 Å². The Balaban J connectivity index is 1.19. The summed E-state index contributed by atoms with van der Waals surface area (Å²) in [5.41, 5.74) is 9.34. The van der Waals surface area contributed by atoms with E-state index < -0.39 is 30.8 Å². The number of ketones is 1. The van der Waals surface area contributed by atoms with Crippen LogP contribution in [0.3, 0.4) is 0 Å². The Morgan fingerprint density at radius 3 is 2.57 bits per heavy atom. The van der Waals surface area contributed by atoms with E-state index in [-0.39, 0.29) is 30.5 Å². The Kier molecular flexibility index (Phi) is 8.48. The minimum atomic E-state index is -4.62. The Bertz CT molecular complexity index is 1630. The first-order chi connectivity index (χ1) is 21.2. The number of nitrogens with two attached hydrogens (primary N) is 1. The number of Topliss-reactive ketones (excluding diaryl/α,β-unsaturated/α-hetero) is 1. The highest BCUT2D eigenvalue weighted by Crippen LogP contribution is 2.36. The summed E-state index contributed by atoms with van der Waals surface area (Å²) in [7, 11) is 0. The number of halogens is 3. The predicted molar refractivity (Wildman–Crippen MR) is 157 cm³/mol. The molecule has 44 heavy (non-hydrogen) atoms. The van der Waals surface area contributed by atoms with Crippen LogP contribution >= 0.6 is 0 Å². The molecule has 0 aliphatic carbocycles. The maximum atomic E-state index is 13.6. The van der Waals surface area contributed by atoms with E-state index in [4.69, 9.17) is 15.2 Å². The summed E-state index contributed by atoms with van der Waals surface area (Å²) in [6, 6.07) is 13.4. The Hall–Kier alpha value is -4.13. The number of nitrogens with zero attached hydrogens (tertiary/aromatic N) is 4. The fourth-order valence-corrected chi connectivity index (χ4v) is 5.74. The van der Waals surface area contributed by atoms with Gasteiger partial charge in [-0.25, -0.2) is 9.97 Å². The number of aliphatic hydroxyl groups excluding tert-OH is 1. The molecule has 0 radical (unpaired) electrons. The highest BCUT2D eigenvalue weighted by molar-refractivity contribution is 5.98. The number of aliphatic hydroxyl groups is 1. The lowest BCUT2D eigenvalue weighted by Gasteiger charge is -2.42. The molecule has 5 heterocycles. The number of hydrogen-bond acceptors (Lipinski definition) is 9. The molecule has 2 aliphatic rings. The zero-order valence-electron chi connectivity index (χ0n) is 23.8. The number of fused-ring (bicyclic) bond motifs is 1. The van der Waals surface area contributed by atoms with Crippen LogP contribution in [0.15, 0.2) is 67.1 Å². The lowest BCUT2D eigenvalue weighted by molar-refractivity contribution is -0.203. The quantitative estimate of drug-likeness (QED) is 0.295. The van der Waals surface area contributed by atoms with E-state index in [0.717, 1.165) is 29.4 Å². The second-order valence-corrected chi connectivity index (χ2v) is 11.2. The maximum absolute atomic E-state index is 13.6. The topological polar surface area (TPSA) is 124 Å². The molecule has 2 fully saturated rings. The van der Waals surface area contributed by atoms with Crippen LogP contribution in [0, 0.1) is 5.92 Å². The molecule has 0 unspecified atom stereocenters. The van der Waals surface area contributed by atoms with Crippen molar-refractivity contribution < 1.29 is 32.5 Å². The molecule has 230 valence electrons. The molecular weight excluding hydrogens is 575 g/mol. The number of rotatable bonds is 7. The third-order valence-electron chi connectivity index (χ3n) is 8.19. The molecule has 3 atom stereocenters. The number of carbonyl (C=O) groups excluding carboxylic acids is 1. The number of pyridine rings is 3. The second-order valence-electron chi connectivity index (χ2n) is 11.2. The van der Waals surface area contributed by atoms with Gasteiger partial charge in [0.1, 0.15) is 11.8 Å². The van der Waals surface area contributed by atoms with Crippen molar-refractivity contribution in [3.63, 3.8) is 0 Å². The van der Waals surface area contributed by atoms with Crippen LogP contribution < -0.4 is 15.4 Å². The van der Waals surface area contributed by atoms with Crippen molar-refractivity contribution in [2.45, 2.75) is 43.7 Å². The van der Waals surface area contributed by atoms with Crippen molar-refractivity contribution in [2.24, 2.45) is 11.7 Å². The molecule has 0 spiro atoms. The summed E-state index contributed by atoms with van der Waals surface area (Å²) in [5.74, 6) is -1.76. The van der Waals surface area contributed by atoms with E-state index in [1.807, 2.05) is 36.4 Å². The Morgan fingerprint density at radius 1 is 1.05 bits per heavy atom. The van der Waals surface area contributed by atoms with E-state index in [1.54, 1.807) is 18.3 Å². The smallest absolute Gasteiger partial charge is 0.396 e. The van der Waals surface area contributed by atoms with E-state index in [0.29, 0.717) is 35.9 Å². The van der Waals surface area contributed by atoms with Crippen LogP contribution in [-0.2, 0) is 11.2 Å². The highest BCUT2D eigenvalue weighted by atomic mass is 19.4. The number of benzene rings is 1.